The Hall–Kier alpha value is -1.10. The highest BCUT2D eigenvalue weighted by atomic mass is 16.5. The number of carbonyl (C=O) groups is 2. The van der Waals surface area contributed by atoms with Crippen molar-refractivity contribution in [3.05, 3.63) is 0 Å². The van der Waals surface area contributed by atoms with Gasteiger partial charge in [-0.3, -0.25) is 9.59 Å². The van der Waals surface area contributed by atoms with Crippen LogP contribution in [0.1, 0.15) is 32.6 Å². The number of esters is 1. The van der Waals surface area contributed by atoms with Crippen LogP contribution in [0.15, 0.2) is 0 Å². The lowest BCUT2D eigenvalue weighted by Crippen LogP contribution is -2.53. The predicted molar refractivity (Wildman–Crippen MR) is 71.5 cm³/mol. The van der Waals surface area contributed by atoms with E-state index in [-0.39, 0.29) is 23.8 Å². The number of hydrogen-bond donors (Lipinski definition) is 1. The Bertz CT molecular complexity index is 342. The average Bonchev–Trinajstić information content (AvgIpc) is 2.31. The van der Waals surface area contributed by atoms with E-state index in [0.29, 0.717) is 6.42 Å². The highest BCUT2D eigenvalue weighted by Gasteiger charge is 2.34. The molecule has 1 aliphatic heterocycles. The zero-order valence-corrected chi connectivity index (χ0v) is 11.9. The maximum absolute atomic E-state index is 11.8. The zero-order chi connectivity index (χ0) is 13.8. The lowest BCUT2D eigenvalue weighted by molar-refractivity contribution is -0.148. The highest BCUT2D eigenvalue weighted by molar-refractivity contribution is 5.74. The number of nitrogens with zero attached hydrogens (tertiary/aromatic N) is 1. The van der Waals surface area contributed by atoms with Crippen molar-refractivity contribution in [2.24, 2.45) is 11.8 Å². The Balaban J connectivity index is 1.93. The molecule has 0 aromatic heterocycles. The van der Waals surface area contributed by atoms with E-state index < -0.39 is 0 Å². The summed E-state index contributed by atoms with van der Waals surface area (Å²) in [6, 6.07) is 0.0652. The summed E-state index contributed by atoms with van der Waals surface area (Å²) in [5.41, 5.74) is 0. The van der Waals surface area contributed by atoms with Crippen LogP contribution in [0.2, 0.25) is 0 Å². The molecule has 2 unspecified atom stereocenters. The van der Waals surface area contributed by atoms with Crippen molar-refractivity contribution in [3.8, 4) is 0 Å². The second-order valence-corrected chi connectivity index (χ2v) is 5.87. The van der Waals surface area contributed by atoms with Crippen LogP contribution in [0.3, 0.4) is 0 Å². The van der Waals surface area contributed by atoms with E-state index in [1.54, 1.807) is 0 Å². The van der Waals surface area contributed by atoms with E-state index in [4.69, 9.17) is 4.74 Å². The lowest BCUT2D eigenvalue weighted by Gasteiger charge is -2.40. The largest absolute Gasteiger partial charge is 0.469 e. The third-order valence-electron chi connectivity index (χ3n) is 4.21. The van der Waals surface area contributed by atoms with E-state index in [1.807, 2.05) is 0 Å². The average molecular weight is 268 g/mol. The minimum atomic E-state index is -0.159. The number of ether oxygens (including phenoxy) is 1. The molecule has 1 saturated carbocycles. The van der Waals surface area contributed by atoms with Gasteiger partial charge in [0.15, 0.2) is 0 Å². The summed E-state index contributed by atoms with van der Waals surface area (Å²) in [5, 5.41) is 2.94. The lowest BCUT2D eigenvalue weighted by atomic mass is 9.84. The van der Waals surface area contributed by atoms with Gasteiger partial charge in [-0.05, 0) is 25.2 Å². The van der Waals surface area contributed by atoms with Gasteiger partial charge in [-0.2, -0.15) is 0 Å². The van der Waals surface area contributed by atoms with Crippen LogP contribution in [-0.2, 0) is 14.3 Å². The molecule has 108 valence electrons. The maximum Gasteiger partial charge on any atom is 0.310 e. The van der Waals surface area contributed by atoms with Crippen LogP contribution in [-0.4, -0.2) is 49.6 Å². The summed E-state index contributed by atoms with van der Waals surface area (Å²) >= 11 is 0. The second kappa shape index (κ2) is 6.37. The monoisotopic (exact) mass is 268 g/mol. The summed E-state index contributed by atoms with van der Waals surface area (Å²) in [4.78, 5) is 25.3. The van der Waals surface area contributed by atoms with Crippen LogP contribution >= 0.6 is 0 Å². The topological polar surface area (TPSA) is 58.6 Å². The Labute approximate surface area is 114 Å². The van der Waals surface area contributed by atoms with E-state index in [1.165, 1.54) is 33.3 Å². The Morgan fingerprint density at radius 1 is 1.32 bits per heavy atom. The minimum absolute atomic E-state index is 0.0286. The first-order chi connectivity index (χ1) is 9.08. The SMILES string of the molecule is COC(=O)C1CC(NC(C)=O)CN(CC2CCC2)C1. The molecule has 0 aromatic rings. The highest BCUT2D eigenvalue weighted by Crippen LogP contribution is 2.29. The van der Waals surface area contributed by atoms with Crippen molar-refractivity contribution in [1.29, 1.82) is 0 Å². The molecule has 1 heterocycles. The molecule has 1 N–H and O–H groups in total. The van der Waals surface area contributed by atoms with E-state index >= 15 is 0 Å². The van der Waals surface area contributed by atoms with Crippen molar-refractivity contribution in [2.75, 3.05) is 26.7 Å². The molecule has 2 atom stereocenters. The Kier molecular flexibility index (Phi) is 4.80. The fraction of sp³-hybridized carbons (Fsp3) is 0.857. The van der Waals surface area contributed by atoms with Crippen molar-refractivity contribution in [1.82, 2.24) is 10.2 Å². The molecule has 1 amide bonds. The summed E-state index contributed by atoms with van der Waals surface area (Å²) in [7, 11) is 1.43. The summed E-state index contributed by atoms with van der Waals surface area (Å²) < 4.78 is 4.86. The van der Waals surface area contributed by atoms with Gasteiger partial charge in [-0.1, -0.05) is 6.42 Å². The standard InChI is InChI=1S/C14H24N2O3/c1-10(17)15-13-6-12(14(18)19-2)8-16(9-13)7-11-4-3-5-11/h11-13H,3-9H2,1-2H3,(H,15,17). The number of amides is 1. The molecule has 0 aromatic carbocycles. The van der Waals surface area contributed by atoms with Gasteiger partial charge in [0.25, 0.3) is 0 Å². The third kappa shape index (κ3) is 3.93. The van der Waals surface area contributed by atoms with Gasteiger partial charge in [0.05, 0.1) is 13.0 Å². The van der Waals surface area contributed by atoms with Gasteiger partial charge in [-0.15, -0.1) is 0 Å². The third-order valence-corrected chi connectivity index (χ3v) is 4.21. The molecule has 0 bridgehead atoms. The summed E-state index contributed by atoms with van der Waals surface area (Å²) in [6.45, 7) is 4.18. The van der Waals surface area contributed by atoms with Crippen LogP contribution in [0.4, 0.5) is 0 Å². The van der Waals surface area contributed by atoms with Gasteiger partial charge in [0.1, 0.15) is 0 Å². The van der Waals surface area contributed by atoms with Crippen LogP contribution in [0.25, 0.3) is 0 Å². The number of rotatable bonds is 4. The number of nitrogens with one attached hydrogen (secondary N) is 1. The van der Waals surface area contributed by atoms with Gasteiger partial charge in [0, 0.05) is 32.6 Å². The van der Waals surface area contributed by atoms with Crippen molar-refractivity contribution < 1.29 is 14.3 Å². The number of methoxy groups -OCH3 is 1. The molecule has 2 aliphatic rings. The maximum atomic E-state index is 11.8. The molecule has 2 rings (SSSR count). The van der Waals surface area contributed by atoms with Gasteiger partial charge in [-0.25, -0.2) is 0 Å². The first-order valence-electron chi connectivity index (χ1n) is 7.15. The fourth-order valence-electron chi connectivity index (χ4n) is 3.11. The molecular formula is C14H24N2O3. The smallest absolute Gasteiger partial charge is 0.310 e. The number of hydrogen-bond acceptors (Lipinski definition) is 4. The molecule has 2 fully saturated rings. The predicted octanol–water partition coefficient (Wildman–Crippen LogP) is 0.786. The summed E-state index contributed by atoms with van der Waals surface area (Å²) in [6.07, 6.45) is 4.61. The Morgan fingerprint density at radius 2 is 2.05 bits per heavy atom. The number of carbonyl (C=O) groups excluding carboxylic acids is 2. The van der Waals surface area contributed by atoms with E-state index in [0.717, 1.165) is 25.6 Å². The van der Waals surface area contributed by atoms with E-state index in [9.17, 15) is 9.59 Å². The van der Waals surface area contributed by atoms with Gasteiger partial charge >= 0.3 is 5.97 Å². The van der Waals surface area contributed by atoms with Crippen LogP contribution < -0.4 is 5.32 Å². The molecule has 0 spiro atoms. The van der Waals surface area contributed by atoms with Crippen molar-refractivity contribution in [3.63, 3.8) is 0 Å². The molecule has 1 aliphatic carbocycles. The quantitative estimate of drug-likeness (QED) is 0.766. The zero-order valence-electron chi connectivity index (χ0n) is 11.9. The first kappa shape index (κ1) is 14.3. The van der Waals surface area contributed by atoms with Crippen LogP contribution in [0.5, 0.6) is 0 Å². The molecule has 19 heavy (non-hydrogen) atoms. The van der Waals surface area contributed by atoms with Gasteiger partial charge in [0.2, 0.25) is 5.91 Å². The first-order valence-corrected chi connectivity index (χ1v) is 7.15. The molecular weight excluding hydrogens is 244 g/mol. The van der Waals surface area contributed by atoms with E-state index in [2.05, 4.69) is 10.2 Å². The Morgan fingerprint density at radius 3 is 2.58 bits per heavy atom. The molecule has 5 heteroatoms. The number of likely N-dealkylation sites (tertiary alicyclic amines) is 1. The van der Waals surface area contributed by atoms with Crippen LogP contribution in [0, 0.1) is 11.8 Å². The molecule has 1 saturated heterocycles. The second-order valence-electron chi connectivity index (χ2n) is 5.87. The molecule has 0 radical (unpaired) electrons. The number of piperidine rings is 1. The van der Waals surface area contributed by atoms with Crippen molar-refractivity contribution >= 4 is 11.9 Å². The minimum Gasteiger partial charge on any atom is -0.469 e. The van der Waals surface area contributed by atoms with Gasteiger partial charge < -0.3 is 15.0 Å². The fourth-order valence-corrected chi connectivity index (χ4v) is 3.11. The molecule has 5 nitrogen and oxygen atoms in total. The normalized spacial score (nSPS) is 28.5. The summed E-state index contributed by atoms with van der Waals surface area (Å²) in [5.74, 6) is 0.470. The van der Waals surface area contributed by atoms with Crippen molar-refractivity contribution in [2.45, 2.75) is 38.6 Å².